The summed E-state index contributed by atoms with van der Waals surface area (Å²) in [5.74, 6) is 0.153. The fraction of sp³-hybridized carbons (Fsp3) is 0.400. The molecule has 2 amide bonds. The van der Waals surface area contributed by atoms with Gasteiger partial charge in [-0.2, -0.15) is 0 Å². The minimum atomic E-state index is -0.649. The summed E-state index contributed by atoms with van der Waals surface area (Å²) in [7, 11) is 1.64. The second-order valence-corrected chi connectivity index (χ2v) is 6.66. The maximum Gasteiger partial charge on any atom is 0.309 e. The van der Waals surface area contributed by atoms with Crippen molar-refractivity contribution in [2.75, 3.05) is 13.7 Å². The van der Waals surface area contributed by atoms with Crippen LogP contribution in [-0.4, -0.2) is 25.5 Å². The maximum absolute atomic E-state index is 12.2. The zero-order valence-corrected chi connectivity index (χ0v) is 14.9. The number of hydrogen-bond donors (Lipinski definition) is 2. The first-order valence-corrected chi connectivity index (χ1v) is 8.86. The third-order valence-electron chi connectivity index (χ3n) is 5.06. The lowest BCUT2D eigenvalue weighted by molar-refractivity contribution is -0.139. The Balaban J connectivity index is 1.59. The van der Waals surface area contributed by atoms with Gasteiger partial charge < -0.3 is 19.8 Å². The fourth-order valence-electron chi connectivity index (χ4n) is 3.55. The third-order valence-corrected chi connectivity index (χ3v) is 5.06. The molecule has 0 radical (unpaired) electrons. The largest absolute Gasteiger partial charge is 0.497 e. The maximum atomic E-state index is 12.2. The van der Waals surface area contributed by atoms with Gasteiger partial charge in [-0.15, -0.1) is 0 Å². The molecule has 0 unspecified atom stereocenters. The van der Waals surface area contributed by atoms with Crippen LogP contribution in [-0.2, 0) is 21.5 Å². The number of hydrogen-bond acceptors (Lipinski definition) is 4. The smallest absolute Gasteiger partial charge is 0.309 e. The van der Waals surface area contributed by atoms with Crippen molar-refractivity contribution in [3.8, 4) is 5.75 Å². The highest BCUT2D eigenvalue weighted by Gasteiger charge is 2.36. The number of benzene rings is 1. The number of rotatable bonds is 6. The summed E-state index contributed by atoms with van der Waals surface area (Å²) >= 11 is 0. The van der Waals surface area contributed by atoms with Crippen LogP contribution in [0.25, 0.3) is 0 Å². The van der Waals surface area contributed by atoms with Gasteiger partial charge in [-0.25, -0.2) is 0 Å². The molecule has 1 saturated carbocycles. The minimum Gasteiger partial charge on any atom is -0.497 e. The predicted octanol–water partition coefficient (Wildman–Crippen LogP) is 2.53. The Kier molecular flexibility index (Phi) is 5.61. The Morgan fingerprint density at radius 3 is 2.38 bits per heavy atom. The van der Waals surface area contributed by atoms with E-state index < -0.39 is 11.8 Å². The van der Waals surface area contributed by atoms with Crippen molar-refractivity contribution in [2.45, 2.75) is 37.6 Å². The Labute approximate surface area is 152 Å². The summed E-state index contributed by atoms with van der Waals surface area (Å²) in [5.41, 5.74) is 1.05. The second-order valence-electron chi connectivity index (χ2n) is 6.66. The van der Waals surface area contributed by atoms with Crippen molar-refractivity contribution in [3.63, 3.8) is 0 Å². The Morgan fingerprint density at radius 1 is 1.08 bits per heavy atom. The molecule has 0 aliphatic heterocycles. The first-order chi connectivity index (χ1) is 12.6. The number of methoxy groups -OCH3 is 1. The number of carbonyl (C=O) groups excluding carboxylic acids is 2. The van der Waals surface area contributed by atoms with Crippen molar-refractivity contribution in [2.24, 2.45) is 0 Å². The van der Waals surface area contributed by atoms with Crippen LogP contribution in [0.4, 0.5) is 0 Å². The average molecular weight is 356 g/mol. The molecule has 6 nitrogen and oxygen atoms in total. The fourth-order valence-corrected chi connectivity index (χ4v) is 3.55. The molecule has 3 rings (SSSR count). The highest BCUT2D eigenvalue weighted by atomic mass is 16.5. The van der Waals surface area contributed by atoms with Gasteiger partial charge in [0, 0.05) is 12.0 Å². The minimum absolute atomic E-state index is 0.122. The summed E-state index contributed by atoms with van der Waals surface area (Å²) in [5, 5.41) is 5.38. The van der Waals surface area contributed by atoms with Gasteiger partial charge >= 0.3 is 11.8 Å². The van der Waals surface area contributed by atoms with Crippen LogP contribution in [0, 0.1) is 0 Å². The SMILES string of the molecule is COc1ccc(C2(CNC(=O)C(=O)NCc3ccco3)CCCC2)cc1. The molecule has 1 aromatic carbocycles. The lowest BCUT2D eigenvalue weighted by Gasteiger charge is -2.30. The van der Waals surface area contributed by atoms with Crippen molar-refractivity contribution < 1.29 is 18.7 Å². The van der Waals surface area contributed by atoms with E-state index >= 15 is 0 Å². The summed E-state index contributed by atoms with van der Waals surface area (Å²) in [6.45, 7) is 0.648. The second kappa shape index (κ2) is 8.08. The molecule has 0 saturated heterocycles. The first kappa shape index (κ1) is 18.0. The normalized spacial score (nSPS) is 15.4. The quantitative estimate of drug-likeness (QED) is 0.780. The molecule has 26 heavy (non-hydrogen) atoms. The van der Waals surface area contributed by atoms with Crippen LogP contribution in [0.15, 0.2) is 47.1 Å². The van der Waals surface area contributed by atoms with E-state index in [2.05, 4.69) is 10.6 Å². The number of nitrogens with one attached hydrogen (secondary N) is 2. The molecule has 0 bridgehead atoms. The van der Waals surface area contributed by atoms with E-state index in [1.165, 1.54) is 11.8 Å². The average Bonchev–Trinajstić information content (AvgIpc) is 3.37. The molecule has 0 atom stereocenters. The molecule has 1 aliphatic carbocycles. The molecule has 138 valence electrons. The monoisotopic (exact) mass is 356 g/mol. The van der Waals surface area contributed by atoms with Crippen molar-refractivity contribution in [1.82, 2.24) is 10.6 Å². The van der Waals surface area contributed by atoms with Crippen molar-refractivity contribution in [3.05, 3.63) is 54.0 Å². The van der Waals surface area contributed by atoms with Crippen LogP contribution in [0.3, 0.4) is 0 Å². The van der Waals surface area contributed by atoms with E-state index in [0.717, 1.165) is 31.4 Å². The third kappa shape index (κ3) is 4.07. The van der Waals surface area contributed by atoms with E-state index in [-0.39, 0.29) is 12.0 Å². The molecule has 1 aromatic heterocycles. The molecule has 1 fully saturated rings. The lowest BCUT2D eigenvalue weighted by atomic mass is 9.78. The molecule has 1 aliphatic rings. The molecule has 2 N–H and O–H groups in total. The highest BCUT2D eigenvalue weighted by molar-refractivity contribution is 6.35. The highest BCUT2D eigenvalue weighted by Crippen LogP contribution is 2.41. The van der Waals surface area contributed by atoms with E-state index in [4.69, 9.17) is 9.15 Å². The van der Waals surface area contributed by atoms with E-state index in [1.54, 1.807) is 19.2 Å². The van der Waals surface area contributed by atoms with Gasteiger partial charge in [0.15, 0.2) is 0 Å². The number of ether oxygens (including phenoxy) is 1. The van der Waals surface area contributed by atoms with Gasteiger partial charge in [-0.05, 0) is 42.7 Å². The first-order valence-electron chi connectivity index (χ1n) is 8.86. The molecular weight excluding hydrogens is 332 g/mol. The van der Waals surface area contributed by atoms with Gasteiger partial charge in [0.25, 0.3) is 0 Å². The van der Waals surface area contributed by atoms with Crippen molar-refractivity contribution >= 4 is 11.8 Å². The van der Waals surface area contributed by atoms with E-state index in [9.17, 15) is 9.59 Å². The van der Waals surface area contributed by atoms with Crippen LogP contribution in [0.5, 0.6) is 5.75 Å². The predicted molar refractivity (Wildman–Crippen MR) is 96.7 cm³/mol. The van der Waals surface area contributed by atoms with Crippen molar-refractivity contribution in [1.29, 1.82) is 0 Å². The number of amides is 2. The van der Waals surface area contributed by atoms with Gasteiger partial charge in [0.05, 0.1) is 19.9 Å². The summed E-state index contributed by atoms with van der Waals surface area (Å²) in [4.78, 5) is 24.1. The molecule has 2 aromatic rings. The number of carbonyl (C=O) groups is 2. The zero-order chi connectivity index (χ0) is 18.4. The summed E-state index contributed by atoms with van der Waals surface area (Å²) < 4.78 is 10.4. The van der Waals surface area contributed by atoms with Crippen LogP contribution >= 0.6 is 0 Å². The standard InChI is InChI=1S/C20H24N2O4/c1-25-16-8-6-15(7-9-16)20(10-2-3-11-20)14-22-19(24)18(23)21-13-17-5-4-12-26-17/h4-9,12H,2-3,10-11,13-14H2,1H3,(H,21,23)(H,22,24). The van der Waals surface area contributed by atoms with Crippen LogP contribution in [0.1, 0.15) is 37.0 Å². The molecule has 1 heterocycles. The van der Waals surface area contributed by atoms with E-state index in [0.29, 0.717) is 12.3 Å². The summed E-state index contributed by atoms with van der Waals surface area (Å²) in [6, 6.07) is 11.5. The Morgan fingerprint density at radius 2 is 1.77 bits per heavy atom. The Hall–Kier alpha value is -2.76. The lowest BCUT2D eigenvalue weighted by Crippen LogP contribution is -2.45. The summed E-state index contributed by atoms with van der Waals surface area (Å²) in [6.07, 6.45) is 5.75. The van der Waals surface area contributed by atoms with Gasteiger partial charge in [-0.3, -0.25) is 9.59 Å². The number of furan rings is 1. The van der Waals surface area contributed by atoms with Crippen LogP contribution in [0.2, 0.25) is 0 Å². The molecule has 6 heteroatoms. The van der Waals surface area contributed by atoms with Gasteiger partial charge in [0.2, 0.25) is 0 Å². The van der Waals surface area contributed by atoms with E-state index in [1.807, 2.05) is 24.3 Å². The zero-order valence-electron chi connectivity index (χ0n) is 14.9. The molecule has 0 spiro atoms. The topological polar surface area (TPSA) is 80.6 Å². The van der Waals surface area contributed by atoms with Gasteiger partial charge in [0.1, 0.15) is 11.5 Å². The Bertz CT molecular complexity index is 732. The van der Waals surface area contributed by atoms with Gasteiger partial charge in [-0.1, -0.05) is 25.0 Å². The molecular formula is C20H24N2O4. The van der Waals surface area contributed by atoms with Crippen LogP contribution < -0.4 is 15.4 Å².